The molecule has 0 atom stereocenters. The van der Waals surface area contributed by atoms with Crippen LogP contribution in [0.4, 0.5) is 5.95 Å². The predicted molar refractivity (Wildman–Crippen MR) is 123 cm³/mol. The van der Waals surface area contributed by atoms with Crippen LogP contribution in [0.25, 0.3) is 0 Å². The SMILES string of the molecule is O=C(Nc1ncn(Cc2ccc(Cl)c(Cl)c2)n1)c1ccc(COc2ccc(Cl)cc2Cl)o1. The van der Waals surface area contributed by atoms with Crippen molar-refractivity contribution in [2.24, 2.45) is 0 Å². The molecule has 0 unspecified atom stereocenters. The number of furan rings is 1. The number of nitrogens with one attached hydrogen (secondary N) is 1. The van der Waals surface area contributed by atoms with Crippen molar-refractivity contribution in [1.82, 2.24) is 14.8 Å². The number of halogens is 4. The van der Waals surface area contributed by atoms with Gasteiger partial charge in [0.25, 0.3) is 5.91 Å². The molecule has 7 nitrogen and oxygen atoms in total. The fourth-order valence-electron chi connectivity index (χ4n) is 2.73. The predicted octanol–water partition coefficient (Wildman–Crippen LogP) is 6.36. The van der Waals surface area contributed by atoms with E-state index in [0.717, 1.165) is 5.56 Å². The van der Waals surface area contributed by atoms with Crippen LogP contribution in [0.5, 0.6) is 5.75 Å². The largest absolute Gasteiger partial charge is 0.484 e. The molecule has 0 aliphatic rings. The molecule has 0 saturated carbocycles. The number of rotatable bonds is 7. The summed E-state index contributed by atoms with van der Waals surface area (Å²) in [5.74, 6) is 0.631. The van der Waals surface area contributed by atoms with Gasteiger partial charge in [0.2, 0.25) is 5.95 Å². The van der Waals surface area contributed by atoms with Gasteiger partial charge >= 0.3 is 0 Å². The number of carbonyl (C=O) groups excluding carboxylic acids is 1. The summed E-state index contributed by atoms with van der Waals surface area (Å²) in [5.41, 5.74) is 0.888. The fraction of sp³-hybridized carbons (Fsp3) is 0.0952. The average Bonchev–Trinajstić information content (AvgIpc) is 3.40. The monoisotopic (exact) mass is 510 g/mol. The molecular weight excluding hydrogens is 498 g/mol. The van der Waals surface area contributed by atoms with Crippen molar-refractivity contribution in [2.75, 3.05) is 5.32 Å². The standard InChI is InChI=1S/C21H14Cl4N4O3/c22-13-2-5-18(17(25)8-13)31-10-14-3-6-19(32-14)20(30)27-21-26-11-29(28-21)9-12-1-4-15(23)16(24)7-12/h1-8,11H,9-10H2,(H,27,28,30). The summed E-state index contributed by atoms with van der Waals surface area (Å²) in [5, 5.41) is 8.63. The van der Waals surface area contributed by atoms with Crippen molar-refractivity contribution in [3.8, 4) is 5.75 Å². The average molecular weight is 512 g/mol. The Morgan fingerprint density at radius 1 is 1.00 bits per heavy atom. The zero-order valence-electron chi connectivity index (χ0n) is 16.2. The van der Waals surface area contributed by atoms with Gasteiger partial charge in [-0.25, -0.2) is 9.67 Å². The maximum atomic E-state index is 12.4. The van der Waals surface area contributed by atoms with E-state index in [9.17, 15) is 4.79 Å². The highest BCUT2D eigenvalue weighted by Gasteiger charge is 2.15. The lowest BCUT2D eigenvalue weighted by molar-refractivity contribution is 0.0991. The molecule has 0 aliphatic carbocycles. The second kappa shape index (κ2) is 9.83. The van der Waals surface area contributed by atoms with Crippen LogP contribution >= 0.6 is 46.4 Å². The van der Waals surface area contributed by atoms with E-state index in [2.05, 4.69) is 15.4 Å². The molecule has 0 saturated heterocycles. The van der Waals surface area contributed by atoms with Crippen LogP contribution in [0.3, 0.4) is 0 Å². The maximum Gasteiger partial charge on any atom is 0.293 e. The molecule has 32 heavy (non-hydrogen) atoms. The summed E-state index contributed by atoms with van der Waals surface area (Å²) < 4.78 is 12.7. The topological polar surface area (TPSA) is 82.2 Å². The van der Waals surface area contributed by atoms with Crippen molar-refractivity contribution in [1.29, 1.82) is 0 Å². The molecule has 4 rings (SSSR count). The Labute approximate surface area is 202 Å². The van der Waals surface area contributed by atoms with Crippen molar-refractivity contribution in [3.05, 3.63) is 92.0 Å². The number of anilines is 1. The van der Waals surface area contributed by atoms with E-state index in [0.29, 0.717) is 38.1 Å². The highest BCUT2D eigenvalue weighted by molar-refractivity contribution is 6.42. The zero-order chi connectivity index (χ0) is 22.7. The van der Waals surface area contributed by atoms with Crippen molar-refractivity contribution in [3.63, 3.8) is 0 Å². The molecular formula is C21H14Cl4N4O3. The van der Waals surface area contributed by atoms with Crippen LogP contribution in [0, 0.1) is 0 Å². The lowest BCUT2D eigenvalue weighted by Crippen LogP contribution is -2.12. The molecule has 2 aromatic heterocycles. The van der Waals surface area contributed by atoms with Gasteiger partial charge in [-0.05, 0) is 48.0 Å². The van der Waals surface area contributed by atoms with Gasteiger partial charge in [-0.3, -0.25) is 10.1 Å². The first-order chi connectivity index (χ1) is 15.4. The van der Waals surface area contributed by atoms with Gasteiger partial charge in [-0.1, -0.05) is 52.5 Å². The van der Waals surface area contributed by atoms with Crippen LogP contribution in [-0.4, -0.2) is 20.7 Å². The van der Waals surface area contributed by atoms with E-state index >= 15 is 0 Å². The van der Waals surface area contributed by atoms with Crippen LogP contribution in [0.1, 0.15) is 21.9 Å². The van der Waals surface area contributed by atoms with Crippen LogP contribution < -0.4 is 10.1 Å². The summed E-state index contributed by atoms with van der Waals surface area (Å²) in [6, 6.07) is 13.3. The van der Waals surface area contributed by atoms with Crippen molar-refractivity contribution < 1.29 is 13.9 Å². The number of amides is 1. The van der Waals surface area contributed by atoms with Gasteiger partial charge in [0.05, 0.1) is 21.6 Å². The Kier molecular flexibility index (Phi) is 6.91. The summed E-state index contributed by atoms with van der Waals surface area (Å²) in [6.07, 6.45) is 1.50. The minimum absolute atomic E-state index is 0.0885. The maximum absolute atomic E-state index is 12.4. The van der Waals surface area contributed by atoms with Crippen molar-refractivity contribution in [2.45, 2.75) is 13.2 Å². The summed E-state index contributed by atoms with van der Waals surface area (Å²) >= 11 is 23.9. The molecule has 4 aromatic rings. The number of carbonyl (C=O) groups is 1. The molecule has 164 valence electrons. The third-order valence-electron chi connectivity index (χ3n) is 4.24. The molecule has 1 amide bonds. The van der Waals surface area contributed by atoms with E-state index in [4.69, 9.17) is 55.6 Å². The minimum Gasteiger partial charge on any atom is -0.484 e. The van der Waals surface area contributed by atoms with Gasteiger partial charge in [0.15, 0.2) is 5.76 Å². The lowest BCUT2D eigenvalue weighted by atomic mass is 10.2. The highest BCUT2D eigenvalue weighted by Crippen LogP contribution is 2.28. The normalized spacial score (nSPS) is 10.9. The third kappa shape index (κ3) is 5.55. The summed E-state index contributed by atoms with van der Waals surface area (Å²) in [4.78, 5) is 16.5. The number of hydrogen-bond donors (Lipinski definition) is 1. The van der Waals surface area contributed by atoms with Gasteiger partial charge in [0.1, 0.15) is 24.4 Å². The third-order valence-corrected chi connectivity index (χ3v) is 5.51. The van der Waals surface area contributed by atoms with Crippen LogP contribution in [-0.2, 0) is 13.2 Å². The molecule has 0 bridgehead atoms. The first-order valence-corrected chi connectivity index (χ1v) is 10.7. The molecule has 0 spiro atoms. The molecule has 1 N–H and O–H groups in total. The Morgan fingerprint density at radius 3 is 2.62 bits per heavy atom. The van der Waals surface area contributed by atoms with Gasteiger partial charge in [-0.2, -0.15) is 0 Å². The second-order valence-electron chi connectivity index (χ2n) is 6.60. The quantitative estimate of drug-likeness (QED) is 0.312. The number of aromatic nitrogens is 3. The van der Waals surface area contributed by atoms with E-state index in [-0.39, 0.29) is 18.3 Å². The molecule has 11 heteroatoms. The molecule has 0 aliphatic heterocycles. The molecule has 2 heterocycles. The van der Waals surface area contributed by atoms with Gasteiger partial charge in [-0.15, -0.1) is 5.10 Å². The summed E-state index contributed by atoms with van der Waals surface area (Å²) in [7, 11) is 0. The highest BCUT2D eigenvalue weighted by atomic mass is 35.5. The van der Waals surface area contributed by atoms with E-state index in [1.807, 2.05) is 6.07 Å². The lowest BCUT2D eigenvalue weighted by Gasteiger charge is -2.06. The van der Waals surface area contributed by atoms with Crippen molar-refractivity contribution >= 4 is 58.3 Å². The number of hydrogen-bond acceptors (Lipinski definition) is 5. The van der Waals surface area contributed by atoms with Gasteiger partial charge in [0, 0.05) is 5.02 Å². The molecule has 2 aromatic carbocycles. The number of benzene rings is 2. The molecule has 0 radical (unpaired) electrons. The van der Waals surface area contributed by atoms with Crippen LogP contribution in [0.15, 0.2) is 59.3 Å². The number of ether oxygens (including phenoxy) is 1. The zero-order valence-corrected chi connectivity index (χ0v) is 19.2. The minimum atomic E-state index is -0.493. The fourth-order valence-corrected chi connectivity index (χ4v) is 3.52. The van der Waals surface area contributed by atoms with E-state index in [1.54, 1.807) is 41.1 Å². The Morgan fingerprint density at radius 2 is 1.84 bits per heavy atom. The first-order valence-electron chi connectivity index (χ1n) is 9.18. The molecule has 0 fully saturated rings. The van der Waals surface area contributed by atoms with Gasteiger partial charge < -0.3 is 9.15 Å². The van der Waals surface area contributed by atoms with E-state index < -0.39 is 5.91 Å². The number of nitrogens with zero attached hydrogens (tertiary/aromatic N) is 3. The Bertz CT molecular complexity index is 1270. The van der Waals surface area contributed by atoms with E-state index in [1.165, 1.54) is 12.4 Å². The van der Waals surface area contributed by atoms with Crippen LogP contribution in [0.2, 0.25) is 20.1 Å². The first kappa shape index (κ1) is 22.5. The summed E-state index contributed by atoms with van der Waals surface area (Å²) in [6.45, 7) is 0.500. The Balaban J connectivity index is 1.34. The second-order valence-corrected chi connectivity index (χ2v) is 8.26. The smallest absolute Gasteiger partial charge is 0.293 e. The Hall–Kier alpha value is -2.71.